The van der Waals surface area contributed by atoms with E-state index in [4.69, 9.17) is 11.0 Å². The zero-order valence-electron chi connectivity index (χ0n) is 13.4. The van der Waals surface area contributed by atoms with Crippen LogP contribution in [0.3, 0.4) is 0 Å². The molecule has 1 rings (SSSR count). The molecule has 0 aromatic heterocycles. The minimum absolute atomic E-state index is 0. The Bertz CT molecular complexity index is 639. The van der Waals surface area contributed by atoms with Gasteiger partial charge in [0, 0.05) is 19.6 Å². The number of aryl methyl sites for hydroxylation is 1. The highest BCUT2D eigenvalue weighted by Gasteiger charge is 2.23. The fraction of sp³-hybridized carbons (Fsp3) is 0.533. The van der Waals surface area contributed by atoms with Crippen LogP contribution in [-0.4, -0.2) is 32.4 Å². The summed E-state index contributed by atoms with van der Waals surface area (Å²) in [5.41, 5.74) is 6.99. The minimum Gasteiger partial charge on any atom is -0.327 e. The summed E-state index contributed by atoms with van der Waals surface area (Å²) in [6.07, 6.45) is 0.614. The van der Waals surface area contributed by atoms with E-state index in [-0.39, 0.29) is 23.3 Å². The van der Waals surface area contributed by atoms with Crippen LogP contribution in [0.15, 0.2) is 23.1 Å². The second-order valence-electron chi connectivity index (χ2n) is 5.62. The molecule has 1 unspecified atom stereocenters. The molecule has 2 N–H and O–H groups in total. The SMILES string of the molecule is Cc1cc(C#N)ccc1S(=O)(=O)N(C)CCC(N)C(C)C.Cl. The molecule has 0 bridgehead atoms. The van der Waals surface area contributed by atoms with Crippen molar-refractivity contribution in [3.8, 4) is 6.07 Å². The lowest BCUT2D eigenvalue weighted by Gasteiger charge is -2.22. The van der Waals surface area contributed by atoms with E-state index in [1.165, 1.54) is 16.4 Å². The molecule has 0 spiro atoms. The smallest absolute Gasteiger partial charge is 0.243 e. The molecule has 7 heteroatoms. The van der Waals surface area contributed by atoms with E-state index in [2.05, 4.69) is 0 Å². The Balaban J connectivity index is 0.00000441. The maximum absolute atomic E-state index is 12.5. The highest BCUT2D eigenvalue weighted by Crippen LogP contribution is 2.20. The summed E-state index contributed by atoms with van der Waals surface area (Å²) in [4.78, 5) is 0.238. The van der Waals surface area contributed by atoms with Gasteiger partial charge in [-0.25, -0.2) is 12.7 Å². The second-order valence-corrected chi connectivity index (χ2v) is 7.63. The number of sulfonamides is 1. The lowest BCUT2D eigenvalue weighted by atomic mass is 10.0. The molecule has 124 valence electrons. The van der Waals surface area contributed by atoms with Crippen molar-refractivity contribution in [2.24, 2.45) is 11.7 Å². The summed E-state index contributed by atoms with van der Waals surface area (Å²) in [6, 6.07) is 6.57. The zero-order valence-corrected chi connectivity index (χ0v) is 15.0. The lowest BCUT2D eigenvalue weighted by Crippen LogP contribution is -2.34. The van der Waals surface area contributed by atoms with E-state index < -0.39 is 10.0 Å². The fourth-order valence-electron chi connectivity index (χ4n) is 1.96. The highest BCUT2D eigenvalue weighted by molar-refractivity contribution is 7.89. The van der Waals surface area contributed by atoms with Crippen molar-refractivity contribution in [1.82, 2.24) is 4.31 Å². The van der Waals surface area contributed by atoms with Crippen LogP contribution in [0, 0.1) is 24.2 Å². The third-order valence-corrected chi connectivity index (χ3v) is 5.64. The van der Waals surface area contributed by atoms with Crippen molar-refractivity contribution in [3.63, 3.8) is 0 Å². The van der Waals surface area contributed by atoms with E-state index in [9.17, 15) is 8.42 Å². The van der Waals surface area contributed by atoms with Gasteiger partial charge >= 0.3 is 0 Å². The van der Waals surface area contributed by atoms with E-state index >= 15 is 0 Å². The van der Waals surface area contributed by atoms with E-state index in [1.54, 1.807) is 20.0 Å². The summed E-state index contributed by atoms with van der Waals surface area (Å²) < 4.78 is 26.4. The van der Waals surface area contributed by atoms with Gasteiger partial charge < -0.3 is 5.73 Å². The van der Waals surface area contributed by atoms with Crippen molar-refractivity contribution in [1.29, 1.82) is 5.26 Å². The Morgan fingerprint density at radius 3 is 2.41 bits per heavy atom. The number of rotatable bonds is 6. The van der Waals surface area contributed by atoms with Crippen LogP contribution in [0.1, 0.15) is 31.4 Å². The topological polar surface area (TPSA) is 87.2 Å². The Morgan fingerprint density at radius 2 is 1.95 bits per heavy atom. The van der Waals surface area contributed by atoms with Crippen LogP contribution in [0.2, 0.25) is 0 Å². The van der Waals surface area contributed by atoms with E-state index in [1.807, 2.05) is 19.9 Å². The van der Waals surface area contributed by atoms with Crippen LogP contribution in [0.4, 0.5) is 0 Å². The Labute approximate surface area is 139 Å². The second kappa shape index (κ2) is 8.49. The molecule has 0 aliphatic rings. The van der Waals surface area contributed by atoms with Crippen LogP contribution >= 0.6 is 12.4 Å². The monoisotopic (exact) mass is 345 g/mol. The molecule has 1 aromatic carbocycles. The van der Waals surface area contributed by atoms with Crippen LogP contribution in [-0.2, 0) is 10.0 Å². The fourth-order valence-corrected chi connectivity index (χ4v) is 3.35. The van der Waals surface area contributed by atoms with Gasteiger partial charge in [0.1, 0.15) is 0 Å². The summed E-state index contributed by atoms with van der Waals surface area (Å²) >= 11 is 0. The lowest BCUT2D eigenvalue weighted by molar-refractivity contribution is 0.397. The number of nitrogens with two attached hydrogens (primary N) is 1. The largest absolute Gasteiger partial charge is 0.327 e. The molecule has 1 atom stereocenters. The van der Waals surface area contributed by atoms with Gasteiger partial charge in [0.25, 0.3) is 0 Å². The molecule has 0 saturated heterocycles. The number of benzene rings is 1. The highest BCUT2D eigenvalue weighted by atomic mass is 35.5. The zero-order chi connectivity index (χ0) is 16.2. The molecule has 1 aromatic rings. The van der Waals surface area contributed by atoms with Crippen molar-refractivity contribution in [3.05, 3.63) is 29.3 Å². The number of halogens is 1. The van der Waals surface area contributed by atoms with Gasteiger partial charge in [-0.3, -0.25) is 0 Å². The predicted octanol–water partition coefficient (Wildman–Crippen LogP) is 2.28. The first kappa shape index (κ1) is 20.9. The van der Waals surface area contributed by atoms with Crippen molar-refractivity contribution in [2.45, 2.75) is 38.1 Å². The molecule has 0 heterocycles. The standard InChI is InChI=1S/C15H23N3O2S.ClH/c1-11(2)14(17)7-8-18(4)21(19,20)15-6-5-13(10-16)9-12(15)3;/h5-6,9,11,14H,7-8,17H2,1-4H3;1H. The van der Waals surface area contributed by atoms with Crippen LogP contribution in [0.5, 0.6) is 0 Å². The first-order chi connectivity index (χ1) is 9.70. The summed E-state index contributed by atoms with van der Waals surface area (Å²) in [6.45, 7) is 6.11. The van der Waals surface area contributed by atoms with Crippen LogP contribution in [0.25, 0.3) is 0 Å². The quantitative estimate of drug-likeness (QED) is 0.856. The summed E-state index contributed by atoms with van der Waals surface area (Å²) in [7, 11) is -1.99. The number of nitriles is 1. The van der Waals surface area contributed by atoms with Gasteiger partial charge in [-0.2, -0.15) is 5.26 Å². The number of nitrogens with zero attached hydrogens (tertiary/aromatic N) is 2. The average molecular weight is 346 g/mol. The summed E-state index contributed by atoms with van der Waals surface area (Å²) in [5, 5.41) is 8.84. The number of hydrogen-bond donors (Lipinski definition) is 1. The number of hydrogen-bond acceptors (Lipinski definition) is 4. The molecule has 5 nitrogen and oxygen atoms in total. The molecule has 0 amide bonds. The molecular formula is C15H24ClN3O2S. The van der Waals surface area contributed by atoms with Gasteiger partial charge in [0.05, 0.1) is 16.5 Å². The van der Waals surface area contributed by atoms with Crippen molar-refractivity contribution in [2.75, 3.05) is 13.6 Å². The van der Waals surface area contributed by atoms with E-state index in [0.717, 1.165) is 0 Å². The first-order valence-electron chi connectivity index (χ1n) is 6.92. The molecule has 0 saturated carbocycles. The Kier molecular flexibility index (Phi) is 8.05. The molecular weight excluding hydrogens is 322 g/mol. The van der Waals surface area contributed by atoms with Gasteiger partial charge in [-0.05, 0) is 43.0 Å². The molecule has 0 aliphatic carbocycles. The Morgan fingerprint density at radius 1 is 1.36 bits per heavy atom. The molecule has 22 heavy (non-hydrogen) atoms. The maximum atomic E-state index is 12.5. The van der Waals surface area contributed by atoms with Gasteiger partial charge in [-0.1, -0.05) is 13.8 Å². The molecule has 0 radical (unpaired) electrons. The first-order valence-corrected chi connectivity index (χ1v) is 8.36. The van der Waals surface area contributed by atoms with Gasteiger partial charge in [0.15, 0.2) is 0 Å². The molecule has 0 fully saturated rings. The third kappa shape index (κ3) is 4.96. The predicted molar refractivity (Wildman–Crippen MR) is 90.4 cm³/mol. The van der Waals surface area contributed by atoms with Gasteiger partial charge in [0.2, 0.25) is 10.0 Å². The van der Waals surface area contributed by atoms with E-state index in [0.29, 0.717) is 30.0 Å². The third-order valence-electron chi connectivity index (χ3n) is 3.63. The molecule has 0 aliphatic heterocycles. The summed E-state index contributed by atoms with van der Waals surface area (Å²) in [5.74, 6) is 0.317. The maximum Gasteiger partial charge on any atom is 0.243 e. The van der Waals surface area contributed by atoms with Crippen molar-refractivity contribution >= 4 is 22.4 Å². The Hall–Kier alpha value is -1.13. The van der Waals surface area contributed by atoms with Crippen molar-refractivity contribution < 1.29 is 8.42 Å². The minimum atomic E-state index is -3.55. The normalized spacial score (nSPS) is 12.8. The van der Waals surface area contributed by atoms with Gasteiger partial charge in [-0.15, -0.1) is 12.4 Å². The van der Waals surface area contributed by atoms with Crippen LogP contribution < -0.4 is 5.73 Å². The average Bonchev–Trinajstić information content (AvgIpc) is 2.43.